The molecular formula is C26H28N2O3S. The molecule has 0 fully saturated rings. The number of amides is 1. The number of nitrogens with zero attached hydrogens (tertiary/aromatic N) is 1. The van der Waals surface area contributed by atoms with Gasteiger partial charge in [0.15, 0.2) is 0 Å². The summed E-state index contributed by atoms with van der Waals surface area (Å²) >= 11 is 0. The molecule has 6 heteroatoms. The van der Waals surface area contributed by atoms with Gasteiger partial charge >= 0.3 is 0 Å². The van der Waals surface area contributed by atoms with Crippen molar-refractivity contribution in [3.05, 3.63) is 101 Å². The average Bonchev–Trinajstić information content (AvgIpc) is 2.81. The van der Waals surface area contributed by atoms with E-state index in [2.05, 4.69) is 17.4 Å². The Morgan fingerprint density at radius 2 is 1.69 bits per heavy atom. The fraction of sp³-hybridized carbons (Fsp3) is 0.269. The lowest BCUT2D eigenvalue weighted by molar-refractivity contribution is -0.125. The van der Waals surface area contributed by atoms with Crippen LogP contribution in [0.3, 0.4) is 0 Å². The summed E-state index contributed by atoms with van der Waals surface area (Å²) in [5.41, 5.74) is 4.05. The van der Waals surface area contributed by atoms with Crippen LogP contribution in [0.4, 0.5) is 0 Å². The highest BCUT2D eigenvalue weighted by atomic mass is 32.2. The molecule has 1 N–H and O–H groups in total. The van der Waals surface area contributed by atoms with Crippen molar-refractivity contribution in [1.29, 1.82) is 0 Å². The third kappa shape index (κ3) is 4.92. The Labute approximate surface area is 190 Å². The Balaban J connectivity index is 1.53. The third-order valence-electron chi connectivity index (χ3n) is 5.89. The van der Waals surface area contributed by atoms with Gasteiger partial charge in [0, 0.05) is 13.1 Å². The van der Waals surface area contributed by atoms with E-state index in [9.17, 15) is 13.2 Å². The van der Waals surface area contributed by atoms with Gasteiger partial charge in [-0.15, -0.1) is 0 Å². The van der Waals surface area contributed by atoms with Gasteiger partial charge in [-0.2, -0.15) is 4.31 Å². The van der Waals surface area contributed by atoms with E-state index in [-0.39, 0.29) is 17.3 Å². The van der Waals surface area contributed by atoms with Gasteiger partial charge in [0.2, 0.25) is 15.9 Å². The first-order valence-electron chi connectivity index (χ1n) is 10.9. The zero-order valence-electron chi connectivity index (χ0n) is 18.2. The number of nitrogens with one attached hydrogen (secondary N) is 1. The summed E-state index contributed by atoms with van der Waals surface area (Å²) in [7, 11) is -3.82. The molecule has 0 spiro atoms. The van der Waals surface area contributed by atoms with Gasteiger partial charge in [-0.3, -0.25) is 4.79 Å². The highest BCUT2D eigenvalue weighted by molar-refractivity contribution is 7.89. The number of rotatable bonds is 7. The molecule has 3 aromatic carbocycles. The standard InChI is InChI=1S/C26H28N2O3S/c1-20-9-7-15-24(17-20)32(30,31)28-19-23-14-6-5-13-22(23)18-25(28)26(29)27-16-8-12-21-10-3-2-4-11-21/h2-7,9-11,13-15,17,25H,8,12,16,18-19H2,1H3,(H,27,29)/t25-/m1/s1. The van der Waals surface area contributed by atoms with Crippen LogP contribution in [0, 0.1) is 6.92 Å². The normalized spacial score (nSPS) is 16.3. The second kappa shape index (κ2) is 9.67. The Kier molecular flexibility index (Phi) is 6.72. The topological polar surface area (TPSA) is 66.5 Å². The molecular weight excluding hydrogens is 420 g/mol. The van der Waals surface area contributed by atoms with E-state index in [1.807, 2.05) is 55.5 Å². The van der Waals surface area contributed by atoms with E-state index in [0.29, 0.717) is 13.0 Å². The minimum atomic E-state index is -3.82. The minimum absolute atomic E-state index is 0.189. The molecule has 32 heavy (non-hydrogen) atoms. The summed E-state index contributed by atoms with van der Waals surface area (Å²) in [5, 5.41) is 2.97. The van der Waals surface area contributed by atoms with Crippen molar-refractivity contribution in [2.45, 2.75) is 43.7 Å². The highest BCUT2D eigenvalue weighted by Gasteiger charge is 2.39. The largest absolute Gasteiger partial charge is 0.355 e. The molecule has 166 valence electrons. The molecule has 3 aromatic rings. The van der Waals surface area contributed by atoms with E-state index in [0.717, 1.165) is 29.5 Å². The fourth-order valence-electron chi connectivity index (χ4n) is 4.15. The number of aryl methyl sites for hydroxylation is 2. The smallest absolute Gasteiger partial charge is 0.244 e. The number of hydrogen-bond donors (Lipinski definition) is 1. The molecule has 0 radical (unpaired) electrons. The number of sulfonamides is 1. The third-order valence-corrected chi connectivity index (χ3v) is 7.74. The maximum atomic E-state index is 13.5. The first-order valence-corrected chi connectivity index (χ1v) is 12.4. The van der Waals surface area contributed by atoms with Crippen LogP contribution in [-0.2, 0) is 34.2 Å². The molecule has 1 atom stereocenters. The summed E-state index contributed by atoms with van der Waals surface area (Å²) < 4.78 is 28.4. The maximum Gasteiger partial charge on any atom is 0.244 e. The van der Waals surface area contributed by atoms with Gasteiger partial charge in [0.25, 0.3) is 0 Å². The van der Waals surface area contributed by atoms with Crippen molar-refractivity contribution >= 4 is 15.9 Å². The second-order valence-electron chi connectivity index (χ2n) is 8.24. The van der Waals surface area contributed by atoms with Crippen molar-refractivity contribution in [2.24, 2.45) is 0 Å². The molecule has 1 aliphatic rings. The van der Waals surface area contributed by atoms with E-state index in [1.54, 1.807) is 18.2 Å². The molecule has 0 bridgehead atoms. The Hall–Kier alpha value is -2.96. The van der Waals surface area contributed by atoms with E-state index < -0.39 is 16.1 Å². The number of fused-ring (bicyclic) bond motifs is 1. The van der Waals surface area contributed by atoms with Crippen molar-refractivity contribution in [3.63, 3.8) is 0 Å². The fourth-order valence-corrected chi connectivity index (χ4v) is 5.82. The van der Waals surface area contributed by atoms with E-state index in [1.165, 1.54) is 9.87 Å². The summed E-state index contributed by atoms with van der Waals surface area (Å²) in [6.07, 6.45) is 2.02. The van der Waals surface area contributed by atoms with Crippen LogP contribution in [0.15, 0.2) is 83.8 Å². The Morgan fingerprint density at radius 1 is 0.969 bits per heavy atom. The van der Waals surface area contributed by atoms with Crippen LogP contribution in [0.25, 0.3) is 0 Å². The van der Waals surface area contributed by atoms with Gasteiger partial charge in [-0.1, -0.05) is 66.7 Å². The molecule has 0 saturated carbocycles. The predicted molar refractivity (Wildman–Crippen MR) is 126 cm³/mol. The lowest BCUT2D eigenvalue weighted by atomic mass is 9.95. The SMILES string of the molecule is Cc1cccc(S(=O)(=O)N2Cc3ccccc3C[C@@H]2C(=O)NCCCc2ccccc2)c1. The van der Waals surface area contributed by atoms with Crippen LogP contribution < -0.4 is 5.32 Å². The Bertz CT molecular complexity index is 1190. The molecule has 0 aromatic heterocycles. The lowest BCUT2D eigenvalue weighted by Gasteiger charge is -2.35. The van der Waals surface area contributed by atoms with Crippen molar-refractivity contribution in [1.82, 2.24) is 9.62 Å². The van der Waals surface area contributed by atoms with Gasteiger partial charge < -0.3 is 5.32 Å². The summed E-state index contributed by atoms with van der Waals surface area (Å²) in [5.74, 6) is -0.246. The molecule has 4 rings (SSSR count). The highest BCUT2D eigenvalue weighted by Crippen LogP contribution is 2.29. The van der Waals surface area contributed by atoms with E-state index >= 15 is 0 Å². The van der Waals surface area contributed by atoms with Crippen LogP contribution in [0.1, 0.15) is 28.7 Å². The summed E-state index contributed by atoms with van der Waals surface area (Å²) in [4.78, 5) is 13.4. The van der Waals surface area contributed by atoms with Crippen molar-refractivity contribution in [2.75, 3.05) is 6.54 Å². The number of benzene rings is 3. The van der Waals surface area contributed by atoms with Crippen molar-refractivity contribution in [3.8, 4) is 0 Å². The number of carbonyl (C=O) groups excluding carboxylic acids is 1. The maximum absolute atomic E-state index is 13.5. The van der Waals surface area contributed by atoms with Crippen LogP contribution in [-0.4, -0.2) is 31.2 Å². The second-order valence-corrected chi connectivity index (χ2v) is 10.1. The van der Waals surface area contributed by atoms with Crippen LogP contribution >= 0.6 is 0 Å². The van der Waals surface area contributed by atoms with Crippen molar-refractivity contribution < 1.29 is 13.2 Å². The molecule has 1 heterocycles. The van der Waals surface area contributed by atoms with Crippen LogP contribution in [0.5, 0.6) is 0 Å². The molecule has 0 saturated heterocycles. The molecule has 5 nitrogen and oxygen atoms in total. The quantitative estimate of drug-likeness (QED) is 0.558. The van der Waals surface area contributed by atoms with Crippen LogP contribution in [0.2, 0.25) is 0 Å². The lowest BCUT2D eigenvalue weighted by Crippen LogP contribution is -2.52. The zero-order valence-corrected chi connectivity index (χ0v) is 19.0. The molecule has 1 aliphatic heterocycles. The summed E-state index contributed by atoms with van der Waals surface area (Å²) in [6.45, 7) is 2.56. The van der Waals surface area contributed by atoms with Gasteiger partial charge in [0.05, 0.1) is 4.90 Å². The molecule has 1 amide bonds. The molecule has 0 aliphatic carbocycles. The van der Waals surface area contributed by atoms with Gasteiger partial charge in [-0.25, -0.2) is 8.42 Å². The zero-order chi connectivity index (χ0) is 22.6. The van der Waals surface area contributed by atoms with Gasteiger partial charge in [-0.05, 0) is 60.6 Å². The molecule has 0 unspecified atom stereocenters. The monoisotopic (exact) mass is 448 g/mol. The number of carbonyl (C=O) groups is 1. The average molecular weight is 449 g/mol. The van der Waals surface area contributed by atoms with E-state index in [4.69, 9.17) is 0 Å². The number of hydrogen-bond acceptors (Lipinski definition) is 3. The van der Waals surface area contributed by atoms with Gasteiger partial charge in [0.1, 0.15) is 6.04 Å². The minimum Gasteiger partial charge on any atom is -0.355 e. The first kappa shape index (κ1) is 22.2. The Morgan fingerprint density at radius 3 is 2.44 bits per heavy atom. The first-order chi connectivity index (χ1) is 15.4. The predicted octanol–water partition coefficient (Wildman–Crippen LogP) is 3.86. The summed E-state index contributed by atoms with van der Waals surface area (Å²) in [6, 6.07) is 23.9.